The minimum absolute atomic E-state index is 0.0117. The third-order valence-electron chi connectivity index (χ3n) is 6.50. The van der Waals surface area contributed by atoms with E-state index in [9.17, 15) is 31.2 Å². The Kier molecular flexibility index (Phi) is 10.2. The normalized spacial score (nSPS) is 12.5. The highest BCUT2D eigenvalue weighted by molar-refractivity contribution is 7.92. The van der Waals surface area contributed by atoms with E-state index in [2.05, 4.69) is 5.32 Å². The molecule has 220 valence electrons. The van der Waals surface area contributed by atoms with Gasteiger partial charge in [0.25, 0.3) is 10.0 Å². The van der Waals surface area contributed by atoms with Gasteiger partial charge in [0.1, 0.15) is 12.6 Å². The largest absolute Gasteiger partial charge is 0.416 e. The van der Waals surface area contributed by atoms with Crippen molar-refractivity contribution in [3.05, 3.63) is 95.1 Å². The molecule has 0 fully saturated rings. The number of nitrogens with one attached hydrogen (secondary N) is 1. The zero-order chi connectivity index (χ0) is 30.4. The molecular weight excluding hydrogens is 555 g/mol. The maximum atomic E-state index is 13.9. The van der Waals surface area contributed by atoms with Gasteiger partial charge in [-0.2, -0.15) is 13.2 Å². The summed E-state index contributed by atoms with van der Waals surface area (Å²) >= 11 is 0. The van der Waals surface area contributed by atoms with Crippen LogP contribution < -0.4 is 9.62 Å². The van der Waals surface area contributed by atoms with Crippen molar-refractivity contribution in [1.29, 1.82) is 0 Å². The number of carbonyl (C=O) groups excluding carboxylic acids is 2. The smallest absolute Gasteiger partial charge is 0.354 e. The molecule has 0 bridgehead atoms. The Labute approximate surface area is 239 Å². The van der Waals surface area contributed by atoms with Crippen LogP contribution in [0.4, 0.5) is 18.9 Å². The van der Waals surface area contributed by atoms with Gasteiger partial charge in [-0.3, -0.25) is 13.9 Å². The van der Waals surface area contributed by atoms with E-state index in [1.54, 1.807) is 31.2 Å². The highest BCUT2D eigenvalue weighted by Crippen LogP contribution is 2.33. The van der Waals surface area contributed by atoms with Crippen LogP contribution in [-0.2, 0) is 32.3 Å². The number of alkyl halides is 3. The summed E-state index contributed by atoms with van der Waals surface area (Å²) in [5, 5.41) is 2.75. The number of nitrogens with zero attached hydrogens (tertiary/aromatic N) is 2. The maximum Gasteiger partial charge on any atom is 0.416 e. The van der Waals surface area contributed by atoms with E-state index < -0.39 is 46.2 Å². The van der Waals surface area contributed by atoms with Crippen LogP contribution in [0.15, 0.2) is 77.7 Å². The summed E-state index contributed by atoms with van der Waals surface area (Å²) in [6, 6.07) is 15.9. The quantitative estimate of drug-likeness (QED) is 0.322. The molecule has 0 saturated carbocycles. The van der Waals surface area contributed by atoms with Crippen molar-refractivity contribution < 1.29 is 31.2 Å². The first kappa shape index (κ1) is 31.7. The molecule has 1 atom stereocenters. The fraction of sp³-hybridized carbons (Fsp3) is 0.333. The summed E-state index contributed by atoms with van der Waals surface area (Å²) in [5.74, 6) is -1.18. The Bertz CT molecular complexity index is 1470. The van der Waals surface area contributed by atoms with Crippen molar-refractivity contribution in [2.45, 2.75) is 57.8 Å². The second-order valence-electron chi connectivity index (χ2n) is 9.85. The van der Waals surface area contributed by atoms with E-state index in [4.69, 9.17) is 0 Å². The fourth-order valence-corrected chi connectivity index (χ4v) is 5.60. The third kappa shape index (κ3) is 8.09. The van der Waals surface area contributed by atoms with Crippen LogP contribution in [0.5, 0.6) is 0 Å². The summed E-state index contributed by atoms with van der Waals surface area (Å²) in [7, 11) is -4.48. The van der Waals surface area contributed by atoms with E-state index in [1.807, 2.05) is 26.0 Å². The summed E-state index contributed by atoms with van der Waals surface area (Å²) in [5.41, 5.74) is 1.02. The molecule has 11 heteroatoms. The van der Waals surface area contributed by atoms with Crippen LogP contribution in [0.3, 0.4) is 0 Å². The van der Waals surface area contributed by atoms with Crippen LogP contribution >= 0.6 is 0 Å². The summed E-state index contributed by atoms with van der Waals surface area (Å²) < 4.78 is 69.0. The first-order chi connectivity index (χ1) is 19.2. The highest BCUT2D eigenvalue weighted by Gasteiger charge is 2.35. The Morgan fingerprint density at radius 1 is 0.927 bits per heavy atom. The van der Waals surface area contributed by atoms with Crippen molar-refractivity contribution in [3.8, 4) is 0 Å². The van der Waals surface area contributed by atoms with Crippen molar-refractivity contribution in [3.63, 3.8) is 0 Å². The first-order valence-electron chi connectivity index (χ1n) is 13.1. The number of amides is 2. The number of hydrogen-bond donors (Lipinski definition) is 1. The molecule has 1 N–H and O–H groups in total. The monoisotopic (exact) mass is 589 g/mol. The van der Waals surface area contributed by atoms with E-state index in [0.717, 1.165) is 23.3 Å². The van der Waals surface area contributed by atoms with Crippen LogP contribution in [0.25, 0.3) is 0 Å². The van der Waals surface area contributed by atoms with Gasteiger partial charge in [0.05, 0.1) is 16.1 Å². The lowest BCUT2D eigenvalue weighted by Crippen LogP contribution is -2.51. The molecule has 0 saturated heterocycles. The van der Waals surface area contributed by atoms with Crippen LogP contribution in [0.2, 0.25) is 0 Å². The van der Waals surface area contributed by atoms with Crippen LogP contribution in [0.1, 0.15) is 42.5 Å². The molecule has 0 aliphatic carbocycles. The summed E-state index contributed by atoms with van der Waals surface area (Å²) in [6.45, 7) is 6.59. The fourth-order valence-electron chi connectivity index (χ4n) is 4.19. The van der Waals surface area contributed by atoms with Gasteiger partial charge in [0, 0.05) is 13.1 Å². The molecule has 0 unspecified atom stereocenters. The van der Waals surface area contributed by atoms with Gasteiger partial charge in [-0.25, -0.2) is 8.42 Å². The van der Waals surface area contributed by atoms with Crippen molar-refractivity contribution in [2.24, 2.45) is 0 Å². The molecule has 0 radical (unpaired) electrons. The van der Waals surface area contributed by atoms with Gasteiger partial charge in [0.15, 0.2) is 0 Å². The molecule has 3 aromatic carbocycles. The Hall–Kier alpha value is -3.86. The molecule has 41 heavy (non-hydrogen) atoms. The van der Waals surface area contributed by atoms with Gasteiger partial charge in [-0.15, -0.1) is 0 Å². The second kappa shape index (κ2) is 13.2. The molecule has 0 spiro atoms. The lowest BCUT2D eigenvalue weighted by Gasteiger charge is -2.32. The molecule has 3 rings (SSSR count). The SMILES string of the molecule is CCCNC(=O)[C@H](C)N(Cc1cccc(C)c1)C(=O)CN(c1cccc(C(F)(F)F)c1)S(=O)(=O)c1ccc(C)cc1. The van der Waals surface area contributed by atoms with Gasteiger partial charge in [0.2, 0.25) is 11.8 Å². The average molecular weight is 590 g/mol. The van der Waals surface area contributed by atoms with Crippen molar-refractivity contribution in [2.75, 3.05) is 17.4 Å². The second-order valence-corrected chi connectivity index (χ2v) is 11.7. The Balaban J connectivity index is 2.08. The van der Waals surface area contributed by atoms with Gasteiger partial charge in [-0.1, -0.05) is 60.5 Å². The zero-order valence-corrected chi connectivity index (χ0v) is 24.2. The van der Waals surface area contributed by atoms with Gasteiger partial charge < -0.3 is 10.2 Å². The lowest BCUT2D eigenvalue weighted by atomic mass is 10.1. The Morgan fingerprint density at radius 3 is 2.20 bits per heavy atom. The predicted molar refractivity (Wildman–Crippen MR) is 152 cm³/mol. The molecule has 7 nitrogen and oxygen atoms in total. The van der Waals surface area contributed by atoms with Gasteiger partial charge in [-0.05, 0) is 63.1 Å². The molecule has 2 amide bonds. The molecule has 0 aliphatic rings. The number of benzene rings is 3. The van der Waals surface area contributed by atoms with E-state index >= 15 is 0 Å². The van der Waals surface area contributed by atoms with Crippen LogP contribution in [0, 0.1) is 13.8 Å². The maximum absolute atomic E-state index is 13.9. The lowest BCUT2D eigenvalue weighted by molar-refractivity contribution is -0.139. The third-order valence-corrected chi connectivity index (χ3v) is 8.29. The Morgan fingerprint density at radius 2 is 1.59 bits per heavy atom. The average Bonchev–Trinajstić information content (AvgIpc) is 2.92. The van der Waals surface area contributed by atoms with E-state index in [-0.39, 0.29) is 17.1 Å². The topological polar surface area (TPSA) is 86.8 Å². The molecule has 0 aliphatic heterocycles. The number of hydrogen-bond acceptors (Lipinski definition) is 4. The minimum Gasteiger partial charge on any atom is -0.354 e. The number of rotatable bonds is 11. The standard InChI is InChI=1S/C30H34F3N3O4S/c1-5-16-34-29(38)23(4)35(19-24-9-6-8-22(3)17-24)28(37)20-36(26-11-7-10-25(18-26)30(31,32)33)41(39,40)27-14-12-21(2)13-15-27/h6-15,17-18,23H,5,16,19-20H2,1-4H3,(H,34,38)/t23-/m0/s1. The molecular formula is C30H34F3N3O4S. The number of anilines is 1. The number of aryl methyl sites for hydroxylation is 2. The van der Waals surface area contributed by atoms with E-state index in [0.29, 0.717) is 28.9 Å². The van der Waals surface area contributed by atoms with Crippen molar-refractivity contribution in [1.82, 2.24) is 10.2 Å². The van der Waals surface area contributed by atoms with Crippen LogP contribution in [-0.4, -0.2) is 44.3 Å². The summed E-state index contributed by atoms with van der Waals surface area (Å²) in [4.78, 5) is 27.8. The minimum atomic E-state index is -4.73. The molecule has 0 aromatic heterocycles. The molecule has 3 aromatic rings. The highest BCUT2D eigenvalue weighted by atomic mass is 32.2. The predicted octanol–water partition coefficient (Wildman–Crippen LogP) is 5.46. The number of halogens is 3. The first-order valence-corrected chi connectivity index (χ1v) is 14.6. The number of carbonyl (C=O) groups is 2. The summed E-state index contributed by atoms with van der Waals surface area (Å²) in [6.07, 6.45) is -4.06. The van der Waals surface area contributed by atoms with Gasteiger partial charge >= 0.3 is 6.18 Å². The number of sulfonamides is 1. The van der Waals surface area contributed by atoms with Crippen molar-refractivity contribution >= 4 is 27.5 Å². The zero-order valence-electron chi connectivity index (χ0n) is 23.4. The van der Waals surface area contributed by atoms with E-state index in [1.165, 1.54) is 30.0 Å². The molecule has 0 heterocycles.